The highest BCUT2D eigenvalue weighted by molar-refractivity contribution is 6.30. The predicted molar refractivity (Wildman–Crippen MR) is 119 cm³/mol. The summed E-state index contributed by atoms with van der Waals surface area (Å²) < 4.78 is 16.8. The van der Waals surface area contributed by atoms with Crippen LogP contribution in [-0.4, -0.2) is 40.2 Å². The second-order valence-corrected chi connectivity index (χ2v) is 7.52. The summed E-state index contributed by atoms with van der Waals surface area (Å²) in [5, 5.41) is 3.62. The molecule has 32 heavy (non-hydrogen) atoms. The van der Waals surface area contributed by atoms with E-state index in [1.54, 1.807) is 48.5 Å². The monoisotopic (exact) mass is 455 g/mol. The third-order valence-electron chi connectivity index (χ3n) is 4.69. The van der Waals surface area contributed by atoms with Gasteiger partial charge in [0.1, 0.15) is 17.9 Å². The first kappa shape index (κ1) is 21.8. The average molecular weight is 456 g/mol. The van der Waals surface area contributed by atoms with E-state index in [2.05, 4.69) is 20.3 Å². The minimum Gasteiger partial charge on any atom is -0.490 e. The number of anilines is 3. The number of ether oxygens (including phenoxy) is 3. The van der Waals surface area contributed by atoms with Gasteiger partial charge in [-0.2, -0.15) is 15.0 Å². The minimum atomic E-state index is -0.556. The van der Waals surface area contributed by atoms with Crippen LogP contribution in [-0.2, 0) is 16.1 Å². The maximum absolute atomic E-state index is 12.7. The molecular weight excluding hydrogens is 434 g/mol. The molecule has 0 aliphatic carbocycles. The molecule has 1 saturated heterocycles. The lowest BCUT2D eigenvalue weighted by Crippen LogP contribution is -2.18. The van der Waals surface area contributed by atoms with Gasteiger partial charge in [-0.25, -0.2) is 4.79 Å². The molecule has 0 spiro atoms. The molecule has 1 aromatic heterocycles. The van der Waals surface area contributed by atoms with E-state index in [4.69, 9.17) is 31.5 Å². The molecule has 10 heteroatoms. The van der Waals surface area contributed by atoms with Gasteiger partial charge in [0.25, 0.3) is 0 Å². The zero-order valence-electron chi connectivity index (χ0n) is 17.2. The standard InChI is InChI=1S/C22H22ClN5O4/c23-14-7-9-15(10-8-14)25-22-27-19(26-21(24)28-22)13-32-20(29)17-5-1-2-6-18(17)31-12-16-4-3-11-30-16/h1-2,5-10,16H,3-4,11-13H2,(H3,24,25,26,27,28)/t16-/m1/s1. The molecule has 0 bridgehead atoms. The molecule has 3 N–H and O–H groups in total. The third-order valence-corrected chi connectivity index (χ3v) is 4.94. The first-order valence-electron chi connectivity index (χ1n) is 10.1. The van der Waals surface area contributed by atoms with Crippen LogP contribution in [0.3, 0.4) is 0 Å². The number of benzene rings is 2. The Hall–Kier alpha value is -3.43. The van der Waals surface area contributed by atoms with Crippen LogP contribution in [0.5, 0.6) is 5.75 Å². The fraction of sp³-hybridized carbons (Fsp3) is 0.273. The normalized spacial score (nSPS) is 15.3. The van der Waals surface area contributed by atoms with Crippen LogP contribution < -0.4 is 15.8 Å². The van der Waals surface area contributed by atoms with Crippen molar-refractivity contribution < 1.29 is 19.0 Å². The second kappa shape index (κ2) is 10.3. The van der Waals surface area contributed by atoms with Crippen molar-refractivity contribution in [3.8, 4) is 5.75 Å². The summed E-state index contributed by atoms with van der Waals surface area (Å²) in [6, 6.07) is 13.9. The van der Waals surface area contributed by atoms with Crippen molar-refractivity contribution in [3.05, 3.63) is 64.9 Å². The minimum absolute atomic E-state index is 0.00260. The zero-order chi connectivity index (χ0) is 22.3. The lowest BCUT2D eigenvalue weighted by atomic mass is 10.2. The van der Waals surface area contributed by atoms with Gasteiger partial charge in [0, 0.05) is 17.3 Å². The average Bonchev–Trinajstić information content (AvgIpc) is 3.31. The number of nitrogens with two attached hydrogens (primary N) is 1. The Morgan fingerprint density at radius 2 is 1.97 bits per heavy atom. The fourth-order valence-corrected chi connectivity index (χ4v) is 3.27. The van der Waals surface area contributed by atoms with Crippen molar-refractivity contribution in [1.29, 1.82) is 0 Å². The number of esters is 1. The van der Waals surface area contributed by atoms with Gasteiger partial charge < -0.3 is 25.3 Å². The summed E-state index contributed by atoms with van der Waals surface area (Å²) in [6.07, 6.45) is 2.00. The summed E-state index contributed by atoms with van der Waals surface area (Å²) >= 11 is 5.90. The summed E-state index contributed by atoms with van der Waals surface area (Å²) in [5.41, 5.74) is 6.82. The molecule has 1 aliphatic heterocycles. The van der Waals surface area contributed by atoms with E-state index in [1.807, 2.05) is 0 Å². The number of carbonyl (C=O) groups is 1. The largest absolute Gasteiger partial charge is 0.490 e. The van der Waals surface area contributed by atoms with Crippen LogP contribution in [0.1, 0.15) is 29.0 Å². The molecule has 2 aromatic carbocycles. The van der Waals surface area contributed by atoms with E-state index >= 15 is 0 Å². The Kier molecular flexibility index (Phi) is 6.98. The Balaban J connectivity index is 1.39. The van der Waals surface area contributed by atoms with Gasteiger partial charge in [-0.05, 0) is 49.2 Å². The third kappa shape index (κ3) is 5.83. The van der Waals surface area contributed by atoms with Crippen molar-refractivity contribution in [1.82, 2.24) is 15.0 Å². The first-order chi connectivity index (χ1) is 15.6. The maximum atomic E-state index is 12.7. The van der Waals surface area contributed by atoms with E-state index < -0.39 is 5.97 Å². The Morgan fingerprint density at radius 1 is 1.16 bits per heavy atom. The number of nitrogen functional groups attached to an aromatic ring is 1. The van der Waals surface area contributed by atoms with Crippen LogP contribution in [0, 0.1) is 0 Å². The molecular formula is C22H22ClN5O4. The molecule has 0 unspecified atom stereocenters. The highest BCUT2D eigenvalue weighted by Crippen LogP contribution is 2.22. The Morgan fingerprint density at radius 3 is 2.75 bits per heavy atom. The molecule has 0 radical (unpaired) electrons. The van der Waals surface area contributed by atoms with Gasteiger partial charge in [-0.15, -0.1) is 0 Å². The number of para-hydroxylation sites is 1. The quantitative estimate of drug-likeness (QED) is 0.488. The number of rotatable bonds is 8. The Bertz CT molecular complexity index is 1070. The van der Waals surface area contributed by atoms with Crippen molar-refractivity contribution in [2.24, 2.45) is 0 Å². The van der Waals surface area contributed by atoms with Crippen LogP contribution >= 0.6 is 11.6 Å². The van der Waals surface area contributed by atoms with Crippen molar-refractivity contribution in [2.75, 3.05) is 24.3 Å². The van der Waals surface area contributed by atoms with E-state index in [0.29, 0.717) is 22.9 Å². The predicted octanol–water partition coefficient (Wildman–Crippen LogP) is 3.77. The van der Waals surface area contributed by atoms with Gasteiger partial charge in [-0.3, -0.25) is 0 Å². The molecule has 0 amide bonds. The SMILES string of the molecule is Nc1nc(COC(=O)c2ccccc2OC[C@H]2CCCO2)nc(Nc2ccc(Cl)cc2)n1. The molecule has 9 nitrogen and oxygen atoms in total. The van der Waals surface area contributed by atoms with Gasteiger partial charge >= 0.3 is 5.97 Å². The molecule has 4 rings (SSSR count). The van der Waals surface area contributed by atoms with Crippen molar-refractivity contribution in [2.45, 2.75) is 25.6 Å². The maximum Gasteiger partial charge on any atom is 0.342 e. The summed E-state index contributed by atoms with van der Waals surface area (Å²) in [6.45, 7) is 0.941. The van der Waals surface area contributed by atoms with E-state index in [0.717, 1.165) is 25.1 Å². The number of hydrogen-bond acceptors (Lipinski definition) is 9. The summed E-state index contributed by atoms with van der Waals surface area (Å²) in [7, 11) is 0. The lowest BCUT2D eigenvalue weighted by molar-refractivity contribution is 0.0445. The number of halogens is 1. The van der Waals surface area contributed by atoms with E-state index in [9.17, 15) is 4.79 Å². The molecule has 1 fully saturated rings. The number of aromatic nitrogens is 3. The van der Waals surface area contributed by atoms with Crippen molar-refractivity contribution >= 4 is 35.2 Å². The number of nitrogens with one attached hydrogen (secondary N) is 1. The summed E-state index contributed by atoms with van der Waals surface area (Å²) in [5.74, 6) is 0.321. The smallest absolute Gasteiger partial charge is 0.342 e. The van der Waals surface area contributed by atoms with Crippen LogP contribution in [0.15, 0.2) is 48.5 Å². The zero-order valence-corrected chi connectivity index (χ0v) is 17.9. The van der Waals surface area contributed by atoms with Crippen molar-refractivity contribution in [3.63, 3.8) is 0 Å². The molecule has 0 saturated carbocycles. The summed E-state index contributed by atoms with van der Waals surface area (Å²) in [4.78, 5) is 25.0. The van der Waals surface area contributed by atoms with E-state index in [-0.39, 0.29) is 30.4 Å². The second-order valence-electron chi connectivity index (χ2n) is 7.08. The van der Waals surface area contributed by atoms with E-state index in [1.165, 1.54) is 0 Å². The van der Waals surface area contributed by atoms with Gasteiger partial charge in [0.15, 0.2) is 12.4 Å². The molecule has 1 atom stereocenters. The first-order valence-corrected chi connectivity index (χ1v) is 10.5. The topological polar surface area (TPSA) is 121 Å². The Labute approximate surface area is 189 Å². The fourth-order valence-electron chi connectivity index (χ4n) is 3.15. The van der Waals surface area contributed by atoms with Gasteiger partial charge in [0.2, 0.25) is 11.9 Å². The van der Waals surface area contributed by atoms with Crippen LogP contribution in [0.25, 0.3) is 0 Å². The van der Waals surface area contributed by atoms with Gasteiger partial charge in [-0.1, -0.05) is 23.7 Å². The number of nitrogens with zero attached hydrogens (tertiary/aromatic N) is 3. The number of carbonyl (C=O) groups excluding carboxylic acids is 1. The molecule has 2 heterocycles. The van der Waals surface area contributed by atoms with Crippen LogP contribution in [0.4, 0.5) is 17.6 Å². The van der Waals surface area contributed by atoms with Crippen LogP contribution in [0.2, 0.25) is 5.02 Å². The molecule has 3 aromatic rings. The number of hydrogen-bond donors (Lipinski definition) is 2. The highest BCUT2D eigenvalue weighted by Gasteiger charge is 2.19. The molecule has 166 valence electrons. The lowest BCUT2D eigenvalue weighted by Gasteiger charge is -2.14. The highest BCUT2D eigenvalue weighted by atomic mass is 35.5. The molecule has 1 aliphatic rings. The van der Waals surface area contributed by atoms with Gasteiger partial charge in [0.05, 0.1) is 6.10 Å².